The van der Waals surface area contributed by atoms with Crippen LogP contribution in [0, 0.1) is 0 Å². The maximum atomic E-state index is 12.3. The van der Waals surface area contributed by atoms with E-state index < -0.39 is 5.69 Å². The Balaban J connectivity index is 1.33. The van der Waals surface area contributed by atoms with Crippen molar-refractivity contribution in [3.05, 3.63) is 63.8 Å². The molecule has 0 spiro atoms. The average molecular weight is 389 g/mol. The van der Waals surface area contributed by atoms with Crippen LogP contribution in [0.15, 0.2) is 47.5 Å². The van der Waals surface area contributed by atoms with Gasteiger partial charge in [-0.2, -0.15) is 0 Å². The van der Waals surface area contributed by atoms with Crippen LogP contribution < -0.4 is 11.0 Å². The van der Waals surface area contributed by atoms with Crippen LogP contribution in [0.2, 0.25) is 5.02 Å². The maximum absolute atomic E-state index is 12.3. The van der Waals surface area contributed by atoms with E-state index in [2.05, 4.69) is 15.2 Å². The van der Waals surface area contributed by atoms with Gasteiger partial charge in [0.2, 0.25) is 5.91 Å². The number of carbonyl (C=O) groups is 1. The number of amides is 1. The Hall–Kier alpha value is -2.22. The molecular weight excluding hydrogens is 368 g/mol. The van der Waals surface area contributed by atoms with Gasteiger partial charge in [-0.3, -0.25) is 14.3 Å². The maximum Gasteiger partial charge on any atom is 0.347 e. The molecule has 1 aromatic carbocycles. The standard InChI is InChI=1S/C19H21ClN4O3/c20-14-4-2-13(3-5-14)17-10-24-9-15(8-16(24)12-27-17)22-18(25)11-23-7-1-6-21-19(23)26/h1-7,15-17H,8-12H2,(H,22,25)/t15-,16+,17-/m1/s1. The highest BCUT2D eigenvalue weighted by atomic mass is 35.5. The lowest BCUT2D eigenvalue weighted by Crippen LogP contribution is -2.43. The molecule has 0 radical (unpaired) electrons. The van der Waals surface area contributed by atoms with Crippen LogP contribution in [0.25, 0.3) is 0 Å². The second-order valence-corrected chi connectivity index (χ2v) is 7.45. The highest BCUT2D eigenvalue weighted by Gasteiger charge is 2.38. The summed E-state index contributed by atoms with van der Waals surface area (Å²) in [6.45, 7) is 2.20. The first-order valence-corrected chi connectivity index (χ1v) is 9.38. The SMILES string of the molecule is O=C(Cn1cccnc1=O)N[C@@H]1C[C@H]2CO[C@@H](c3ccc(Cl)cc3)CN2C1. The van der Waals surface area contributed by atoms with E-state index in [1.54, 1.807) is 12.3 Å². The van der Waals surface area contributed by atoms with Gasteiger partial charge in [0.15, 0.2) is 0 Å². The van der Waals surface area contributed by atoms with Crippen molar-refractivity contribution in [3.63, 3.8) is 0 Å². The van der Waals surface area contributed by atoms with Crippen molar-refractivity contribution >= 4 is 17.5 Å². The van der Waals surface area contributed by atoms with Crippen LogP contribution in [0.4, 0.5) is 0 Å². The van der Waals surface area contributed by atoms with Crippen LogP contribution in [-0.2, 0) is 16.1 Å². The van der Waals surface area contributed by atoms with Crippen LogP contribution in [0.1, 0.15) is 18.1 Å². The summed E-state index contributed by atoms with van der Waals surface area (Å²) in [5, 5.41) is 3.74. The zero-order chi connectivity index (χ0) is 18.8. The fourth-order valence-corrected chi connectivity index (χ4v) is 3.92. The van der Waals surface area contributed by atoms with E-state index >= 15 is 0 Å². The minimum atomic E-state index is -0.421. The van der Waals surface area contributed by atoms with Crippen LogP contribution in [0.5, 0.6) is 0 Å². The molecule has 0 unspecified atom stereocenters. The first kappa shape index (κ1) is 18.2. The summed E-state index contributed by atoms with van der Waals surface area (Å²) in [4.78, 5) is 29.9. The van der Waals surface area contributed by atoms with E-state index in [0.29, 0.717) is 17.7 Å². The van der Waals surface area contributed by atoms with Gasteiger partial charge in [0, 0.05) is 42.6 Å². The molecule has 0 aliphatic carbocycles. The van der Waals surface area contributed by atoms with Crippen LogP contribution in [-0.4, -0.2) is 52.1 Å². The van der Waals surface area contributed by atoms with Crippen molar-refractivity contribution < 1.29 is 9.53 Å². The molecule has 2 saturated heterocycles. The van der Waals surface area contributed by atoms with Gasteiger partial charge in [0.05, 0.1) is 12.7 Å². The van der Waals surface area contributed by atoms with E-state index in [0.717, 1.165) is 25.1 Å². The zero-order valence-electron chi connectivity index (χ0n) is 14.8. The van der Waals surface area contributed by atoms with E-state index in [4.69, 9.17) is 16.3 Å². The molecular formula is C19H21ClN4O3. The Bertz CT molecular complexity index is 870. The largest absolute Gasteiger partial charge is 0.371 e. The quantitative estimate of drug-likeness (QED) is 0.852. The summed E-state index contributed by atoms with van der Waals surface area (Å²) in [7, 11) is 0. The molecule has 1 aromatic heterocycles. The second-order valence-electron chi connectivity index (χ2n) is 7.01. The molecule has 27 heavy (non-hydrogen) atoms. The molecule has 3 atom stereocenters. The van der Waals surface area contributed by atoms with Crippen LogP contribution >= 0.6 is 11.6 Å². The molecule has 142 valence electrons. The molecule has 8 heteroatoms. The van der Waals surface area contributed by atoms with Crippen molar-refractivity contribution in [1.82, 2.24) is 19.8 Å². The predicted octanol–water partition coefficient (Wildman–Crippen LogP) is 1.23. The van der Waals surface area contributed by atoms with E-state index in [1.165, 1.54) is 10.8 Å². The molecule has 1 amide bonds. The van der Waals surface area contributed by atoms with Crippen molar-refractivity contribution in [3.8, 4) is 0 Å². The third-order valence-corrected chi connectivity index (χ3v) is 5.37. The van der Waals surface area contributed by atoms with Gasteiger partial charge in [0.25, 0.3) is 0 Å². The third-order valence-electron chi connectivity index (χ3n) is 5.12. The molecule has 4 rings (SSSR count). The van der Waals surface area contributed by atoms with Gasteiger partial charge >= 0.3 is 5.69 Å². The number of nitrogens with one attached hydrogen (secondary N) is 1. The lowest BCUT2D eigenvalue weighted by Gasteiger charge is -2.35. The molecule has 3 heterocycles. The summed E-state index contributed by atoms with van der Waals surface area (Å²) >= 11 is 5.96. The third kappa shape index (κ3) is 4.21. The van der Waals surface area contributed by atoms with Crippen molar-refractivity contribution in [2.24, 2.45) is 0 Å². The summed E-state index contributed by atoms with van der Waals surface area (Å²) in [6.07, 6.45) is 3.85. The zero-order valence-corrected chi connectivity index (χ0v) is 15.5. The van der Waals surface area contributed by atoms with Crippen molar-refractivity contribution in [2.75, 3.05) is 19.7 Å². The summed E-state index contributed by atoms with van der Waals surface area (Å²) in [5.74, 6) is -0.176. The minimum Gasteiger partial charge on any atom is -0.371 e. The van der Waals surface area contributed by atoms with Crippen LogP contribution in [0.3, 0.4) is 0 Å². The summed E-state index contributed by atoms with van der Waals surface area (Å²) < 4.78 is 7.33. The molecule has 2 aromatic rings. The number of hydrogen-bond acceptors (Lipinski definition) is 5. The Kier molecular flexibility index (Phi) is 5.24. The minimum absolute atomic E-state index is 0.0157. The van der Waals surface area contributed by atoms with Gasteiger partial charge in [-0.05, 0) is 30.2 Å². The monoisotopic (exact) mass is 388 g/mol. The smallest absolute Gasteiger partial charge is 0.347 e. The van der Waals surface area contributed by atoms with Gasteiger partial charge in [-0.15, -0.1) is 0 Å². The highest BCUT2D eigenvalue weighted by molar-refractivity contribution is 6.30. The molecule has 0 bridgehead atoms. The summed E-state index contributed by atoms with van der Waals surface area (Å²) in [5.41, 5.74) is 0.692. The van der Waals surface area contributed by atoms with Crippen molar-refractivity contribution in [2.45, 2.75) is 31.2 Å². The number of rotatable bonds is 4. The molecule has 2 aliphatic heterocycles. The Labute approximate surface area is 161 Å². The number of hydrogen-bond donors (Lipinski definition) is 1. The van der Waals surface area contributed by atoms with Gasteiger partial charge in [-0.25, -0.2) is 9.78 Å². The highest BCUT2D eigenvalue weighted by Crippen LogP contribution is 2.30. The molecule has 7 nitrogen and oxygen atoms in total. The number of benzene rings is 1. The second kappa shape index (κ2) is 7.80. The topological polar surface area (TPSA) is 76.5 Å². The van der Waals surface area contributed by atoms with E-state index in [9.17, 15) is 9.59 Å². The number of morpholine rings is 1. The lowest BCUT2D eigenvalue weighted by atomic mass is 10.1. The molecule has 1 N–H and O–H groups in total. The number of ether oxygens (including phenoxy) is 1. The first-order chi connectivity index (χ1) is 13.1. The number of fused-ring (bicyclic) bond motifs is 1. The number of nitrogens with zero attached hydrogens (tertiary/aromatic N) is 3. The Morgan fingerprint density at radius 1 is 1.30 bits per heavy atom. The summed E-state index contributed by atoms with van der Waals surface area (Å²) in [6, 6.07) is 9.74. The number of carbonyl (C=O) groups excluding carboxylic acids is 1. The van der Waals surface area contributed by atoms with Gasteiger partial charge in [0.1, 0.15) is 6.54 Å². The molecule has 2 aliphatic rings. The average Bonchev–Trinajstić information content (AvgIpc) is 3.05. The van der Waals surface area contributed by atoms with E-state index in [1.807, 2.05) is 24.3 Å². The Morgan fingerprint density at radius 3 is 2.89 bits per heavy atom. The molecule has 2 fully saturated rings. The fraction of sp³-hybridized carbons (Fsp3) is 0.421. The van der Waals surface area contributed by atoms with Gasteiger partial charge in [-0.1, -0.05) is 23.7 Å². The molecule has 0 saturated carbocycles. The van der Waals surface area contributed by atoms with Crippen molar-refractivity contribution in [1.29, 1.82) is 0 Å². The predicted molar refractivity (Wildman–Crippen MR) is 101 cm³/mol. The lowest BCUT2D eigenvalue weighted by molar-refractivity contribution is -0.122. The number of halogens is 1. The number of aromatic nitrogens is 2. The van der Waals surface area contributed by atoms with Gasteiger partial charge < -0.3 is 10.1 Å². The van der Waals surface area contributed by atoms with E-state index in [-0.39, 0.29) is 24.6 Å². The Morgan fingerprint density at radius 2 is 2.11 bits per heavy atom. The normalized spacial score (nSPS) is 25.1. The fourth-order valence-electron chi connectivity index (χ4n) is 3.79. The first-order valence-electron chi connectivity index (χ1n) is 9.00.